The summed E-state index contributed by atoms with van der Waals surface area (Å²) in [6.45, 7) is 5.79. The van der Waals surface area contributed by atoms with Crippen molar-refractivity contribution in [2.45, 2.75) is 87.8 Å². The van der Waals surface area contributed by atoms with E-state index in [0.717, 1.165) is 76.4 Å². The molecule has 5 atom stereocenters. The van der Waals surface area contributed by atoms with Crippen LogP contribution in [0.2, 0.25) is 0 Å². The molecule has 2 spiro atoms. The number of phenols is 1. The quantitative estimate of drug-likeness (QED) is 0.721. The molecule has 4 bridgehead atoms. The molecule has 188 valence electrons. The highest BCUT2D eigenvalue weighted by Crippen LogP contribution is 2.71. The summed E-state index contributed by atoms with van der Waals surface area (Å²) in [5, 5.41) is 10.9. The number of ether oxygens (including phenoxy) is 1. The van der Waals surface area contributed by atoms with E-state index >= 15 is 0 Å². The van der Waals surface area contributed by atoms with Gasteiger partial charge in [0.15, 0.2) is 11.5 Å². The van der Waals surface area contributed by atoms with Crippen molar-refractivity contribution >= 4 is 5.91 Å². The lowest BCUT2D eigenvalue weighted by atomic mass is 9.42. The lowest BCUT2D eigenvalue weighted by Gasteiger charge is -2.66. The predicted octanol–water partition coefficient (Wildman–Crippen LogP) is 3.30. The molecule has 0 unspecified atom stereocenters. The predicted molar refractivity (Wildman–Crippen MR) is 133 cm³/mol. The van der Waals surface area contributed by atoms with Crippen LogP contribution in [0.3, 0.4) is 0 Å². The average Bonchev–Trinajstić information content (AvgIpc) is 3.66. The zero-order valence-electron chi connectivity index (χ0n) is 20.9. The molecule has 5 heterocycles. The summed E-state index contributed by atoms with van der Waals surface area (Å²) in [5.74, 6) is 2.30. The van der Waals surface area contributed by atoms with Crippen molar-refractivity contribution in [3.63, 3.8) is 0 Å². The molecule has 8 aliphatic rings. The maximum Gasteiger partial charge on any atom is 0.236 e. The molecule has 5 aliphatic heterocycles. The second kappa shape index (κ2) is 7.38. The minimum Gasteiger partial charge on any atom is -0.504 e. The van der Waals surface area contributed by atoms with Crippen molar-refractivity contribution in [2.24, 2.45) is 11.3 Å². The molecule has 6 nitrogen and oxygen atoms in total. The number of piperidine rings is 2. The van der Waals surface area contributed by atoms with Crippen LogP contribution in [0.5, 0.6) is 11.5 Å². The molecule has 0 radical (unpaired) electrons. The number of fused-ring (bicyclic) bond motifs is 3. The fourth-order valence-corrected chi connectivity index (χ4v) is 9.68. The smallest absolute Gasteiger partial charge is 0.236 e. The highest BCUT2D eigenvalue weighted by molar-refractivity contribution is 5.78. The van der Waals surface area contributed by atoms with Crippen LogP contribution < -0.4 is 4.74 Å². The average molecular weight is 478 g/mol. The molecular weight excluding hydrogens is 438 g/mol. The van der Waals surface area contributed by atoms with Crippen LogP contribution in [0.15, 0.2) is 12.1 Å². The van der Waals surface area contributed by atoms with Gasteiger partial charge in [0.25, 0.3) is 0 Å². The van der Waals surface area contributed by atoms with Crippen LogP contribution in [0.4, 0.5) is 0 Å². The summed E-state index contributed by atoms with van der Waals surface area (Å²) in [4.78, 5) is 20.9. The fraction of sp³-hybridized carbons (Fsp3) is 0.759. The minimum atomic E-state index is -0.00872. The third-order valence-electron chi connectivity index (χ3n) is 11.4. The molecule has 6 heteroatoms. The van der Waals surface area contributed by atoms with Gasteiger partial charge in [-0.15, -0.1) is 0 Å². The van der Waals surface area contributed by atoms with Gasteiger partial charge in [-0.25, -0.2) is 0 Å². The molecule has 35 heavy (non-hydrogen) atoms. The van der Waals surface area contributed by atoms with Crippen LogP contribution in [0.25, 0.3) is 0 Å². The summed E-state index contributed by atoms with van der Waals surface area (Å²) < 4.78 is 6.87. The second-order valence-corrected chi connectivity index (χ2v) is 12.8. The van der Waals surface area contributed by atoms with Gasteiger partial charge in [-0.05, 0) is 94.8 Å². The summed E-state index contributed by atoms with van der Waals surface area (Å²) in [5.41, 5.74) is 2.96. The van der Waals surface area contributed by atoms with Gasteiger partial charge in [0.05, 0.1) is 6.54 Å². The van der Waals surface area contributed by atoms with Gasteiger partial charge in [0.2, 0.25) is 5.91 Å². The number of amides is 1. The van der Waals surface area contributed by atoms with Crippen LogP contribution in [0, 0.1) is 11.3 Å². The van der Waals surface area contributed by atoms with E-state index in [-0.39, 0.29) is 23.0 Å². The summed E-state index contributed by atoms with van der Waals surface area (Å²) in [6.07, 6.45) is 12.1. The van der Waals surface area contributed by atoms with Gasteiger partial charge in [0.1, 0.15) is 6.10 Å². The van der Waals surface area contributed by atoms with E-state index in [9.17, 15) is 9.90 Å². The van der Waals surface area contributed by atoms with E-state index in [2.05, 4.69) is 20.8 Å². The molecule has 1 N–H and O–H groups in total. The number of hydrogen-bond acceptors (Lipinski definition) is 5. The molecule has 1 amide bonds. The van der Waals surface area contributed by atoms with Gasteiger partial charge >= 0.3 is 0 Å². The van der Waals surface area contributed by atoms with E-state index in [0.29, 0.717) is 24.2 Å². The van der Waals surface area contributed by atoms with E-state index < -0.39 is 0 Å². The first-order chi connectivity index (χ1) is 17.1. The Hall–Kier alpha value is -1.79. The lowest BCUT2D eigenvalue weighted by molar-refractivity contribution is -0.138. The number of hydrogen-bond donors (Lipinski definition) is 1. The Balaban J connectivity index is 1.21. The number of carbonyl (C=O) groups excluding carboxylic acids is 1. The largest absolute Gasteiger partial charge is 0.504 e. The molecule has 0 aromatic heterocycles. The molecule has 1 aromatic carbocycles. The number of nitrogens with zero attached hydrogens (tertiary/aromatic N) is 3. The Morgan fingerprint density at radius 1 is 1.00 bits per heavy atom. The molecule has 9 rings (SSSR count). The van der Waals surface area contributed by atoms with Crippen molar-refractivity contribution < 1.29 is 14.6 Å². The highest BCUT2D eigenvalue weighted by atomic mass is 16.5. The number of likely N-dealkylation sites (tertiary alicyclic amines) is 2. The first-order valence-electron chi connectivity index (χ1n) is 14.4. The van der Waals surface area contributed by atoms with Crippen LogP contribution in [0.1, 0.15) is 68.9 Å². The molecule has 3 aliphatic carbocycles. The van der Waals surface area contributed by atoms with Crippen molar-refractivity contribution in [3.8, 4) is 11.5 Å². The topological polar surface area (TPSA) is 56.3 Å². The van der Waals surface area contributed by atoms with E-state index in [1.54, 1.807) is 0 Å². The van der Waals surface area contributed by atoms with Gasteiger partial charge < -0.3 is 14.7 Å². The number of benzene rings is 1. The monoisotopic (exact) mass is 477 g/mol. The summed E-state index contributed by atoms with van der Waals surface area (Å²) >= 11 is 0. The Bertz CT molecular complexity index is 1070. The number of aromatic hydroxyl groups is 1. The van der Waals surface area contributed by atoms with Crippen molar-refractivity contribution in [1.82, 2.24) is 14.7 Å². The number of phenolic OH excluding ortho intramolecular Hbond substituents is 1. The Morgan fingerprint density at radius 2 is 1.83 bits per heavy atom. The molecule has 1 aromatic rings. The standard InChI is InChI=1S/C29H39N3O3/c33-22-7-6-20-16-23-28-9-8-21(31(14-10-28)18-24(34)30-12-2-1-3-13-30)27-29(28,25(20)26(22)35-27)11-15-32(23)17-19-4-5-19/h6-7,19,21,23,27,33H,1-5,8-18H2/t21-,23-,27+,28-,29+/m1/s1. The van der Waals surface area contributed by atoms with Crippen LogP contribution in [-0.2, 0) is 16.6 Å². The maximum atomic E-state index is 13.4. The second-order valence-electron chi connectivity index (χ2n) is 12.8. The first kappa shape index (κ1) is 21.3. The lowest BCUT2D eigenvalue weighted by Crippen LogP contribution is -2.72. The SMILES string of the molecule is O=C(CN1CC[C@@]23CC[C@@H]1[C@@H]1Oc4c(O)ccc5c4[C@@]12CCN(CC1CC1)[C@@H]3C5)N1CCCCC1. The zero-order valence-corrected chi connectivity index (χ0v) is 20.9. The van der Waals surface area contributed by atoms with Crippen molar-refractivity contribution in [3.05, 3.63) is 23.3 Å². The van der Waals surface area contributed by atoms with Crippen LogP contribution in [-0.4, -0.2) is 83.2 Å². The third kappa shape index (κ3) is 2.76. The first-order valence-corrected chi connectivity index (χ1v) is 14.4. The van der Waals surface area contributed by atoms with Gasteiger partial charge in [-0.2, -0.15) is 0 Å². The Morgan fingerprint density at radius 3 is 2.66 bits per heavy atom. The zero-order chi connectivity index (χ0) is 23.4. The molecule has 6 fully saturated rings. The van der Waals surface area contributed by atoms with Gasteiger partial charge in [0, 0.05) is 48.1 Å². The third-order valence-corrected chi connectivity index (χ3v) is 11.4. The van der Waals surface area contributed by atoms with E-state index in [4.69, 9.17) is 4.74 Å². The summed E-state index contributed by atoms with van der Waals surface area (Å²) in [7, 11) is 0. The summed E-state index contributed by atoms with van der Waals surface area (Å²) in [6, 6.07) is 4.88. The van der Waals surface area contributed by atoms with Gasteiger partial charge in [-0.1, -0.05) is 6.07 Å². The number of carbonyl (C=O) groups is 1. The van der Waals surface area contributed by atoms with Crippen LogP contribution >= 0.6 is 0 Å². The normalized spacial score (nSPS) is 39.8. The molecular formula is C29H39N3O3. The molecule has 2 saturated carbocycles. The minimum absolute atomic E-state index is 0.00872. The highest BCUT2D eigenvalue weighted by Gasteiger charge is 2.74. The number of rotatable bonds is 4. The van der Waals surface area contributed by atoms with Gasteiger partial charge in [-0.3, -0.25) is 14.6 Å². The maximum absolute atomic E-state index is 13.4. The Labute approximate surface area is 208 Å². The molecule has 4 saturated heterocycles. The Kier molecular flexibility index (Phi) is 4.49. The fourth-order valence-electron chi connectivity index (χ4n) is 9.68. The van der Waals surface area contributed by atoms with Crippen molar-refractivity contribution in [1.29, 1.82) is 0 Å². The van der Waals surface area contributed by atoms with E-state index in [1.165, 1.54) is 43.4 Å². The van der Waals surface area contributed by atoms with Crippen molar-refractivity contribution in [2.75, 3.05) is 39.3 Å². The van der Waals surface area contributed by atoms with E-state index in [1.807, 2.05) is 6.07 Å².